The van der Waals surface area contributed by atoms with Crippen molar-refractivity contribution in [3.8, 4) is 5.75 Å². The molecule has 1 aliphatic carbocycles. The van der Waals surface area contributed by atoms with Gasteiger partial charge in [-0.2, -0.15) is 0 Å². The fourth-order valence-corrected chi connectivity index (χ4v) is 2.74. The molecule has 1 aromatic rings. The van der Waals surface area contributed by atoms with Crippen LogP contribution in [0.25, 0.3) is 0 Å². The Hall–Kier alpha value is -0.580. The van der Waals surface area contributed by atoms with E-state index < -0.39 is 5.60 Å². The summed E-state index contributed by atoms with van der Waals surface area (Å²) in [5.74, 6) is 0.253. The van der Waals surface area contributed by atoms with Gasteiger partial charge in [0.2, 0.25) is 0 Å². The summed E-state index contributed by atoms with van der Waals surface area (Å²) in [6, 6.07) is 5.44. The Morgan fingerprint density at radius 2 is 2.00 bits per heavy atom. The lowest BCUT2D eigenvalue weighted by Gasteiger charge is -2.22. The van der Waals surface area contributed by atoms with E-state index in [1.807, 2.05) is 12.1 Å². The van der Waals surface area contributed by atoms with Gasteiger partial charge in [-0.05, 0) is 46.5 Å². The van der Waals surface area contributed by atoms with Gasteiger partial charge in [0.15, 0.2) is 0 Å². The summed E-state index contributed by atoms with van der Waals surface area (Å²) >= 11 is 3.29. The molecule has 4 heteroatoms. The van der Waals surface area contributed by atoms with Crippen molar-refractivity contribution >= 4 is 15.9 Å². The fraction of sp³-hybridized carbons (Fsp3) is 0.538. The average molecular weight is 300 g/mol. The second-order valence-electron chi connectivity index (χ2n) is 4.82. The topological polar surface area (TPSA) is 52.5 Å². The first kappa shape index (κ1) is 12.9. The van der Waals surface area contributed by atoms with Crippen LogP contribution in [0.2, 0.25) is 0 Å². The summed E-state index contributed by atoms with van der Waals surface area (Å²) in [6.45, 7) is 1.35. The van der Waals surface area contributed by atoms with E-state index in [2.05, 4.69) is 21.2 Å². The lowest BCUT2D eigenvalue weighted by atomic mass is 10.0. The maximum Gasteiger partial charge on any atom is 0.129 e. The number of aromatic hydroxyl groups is 1. The predicted molar refractivity (Wildman–Crippen MR) is 70.9 cm³/mol. The zero-order valence-corrected chi connectivity index (χ0v) is 11.3. The minimum absolute atomic E-state index is 0.253. The highest BCUT2D eigenvalue weighted by Crippen LogP contribution is 2.29. The lowest BCUT2D eigenvalue weighted by Crippen LogP contribution is -2.37. The second-order valence-corrected chi connectivity index (χ2v) is 5.68. The molecule has 0 saturated heterocycles. The Labute approximate surface area is 110 Å². The summed E-state index contributed by atoms with van der Waals surface area (Å²) < 4.78 is 0.705. The third-order valence-corrected chi connectivity index (χ3v) is 3.96. The van der Waals surface area contributed by atoms with Crippen LogP contribution < -0.4 is 5.32 Å². The van der Waals surface area contributed by atoms with Crippen LogP contribution in [0.4, 0.5) is 0 Å². The van der Waals surface area contributed by atoms with Crippen molar-refractivity contribution in [2.24, 2.45) is 0 Å². The third kappa shape index (κ3) is 3.44. The van der Waals surface area contributed by atoms with Crippen LogP contribution in [0, 0.1) is 0 Å². The maximum atomic E-state index is 10.2. The van der Waals surface area contributed by atoms with E-state index in [0.29, 0.717) is 17.6 Å². The van der Waals surface area contributed by atoms with Crippen LogP contribution in [0.3, 0.4) is 0 Å². The molecular formula is C13H18BrNO2. The van der Waals surface area contributed by atoms with Gasteiger partial charge in [-0.1, -0.05) is 18.9 Å². The Bertz CT molecular complexity index is 389. The van der Waals surface area contributed by atoms with Crippen LogP contribution in [0.15, 0.2) is 22.7 Å². The molecule has 1 saturated carbocycles. The number of nitrogens with one attached hydrogen (secondary N) is 1. The Morgan fingerprint density at radius 1 is 1.29 bits per heavy atom. The molecule has 0 unspecified atom stereocenters. The third-order valence-electron chi connectivity index (χ3n) is 3.33. The quantitative estimate of drug-likeness (QED) is 0.801. The molecule has 0 spiro atoms. The molecule has 0 aromatic heterocycles. The van der Waals surface area contributed by atoms with E-state index in [1.54, 1.807) is 6.07 Å². The number of rotatable bonds is 4. The Balaban J connectivity index is 1.83. The van der Waals surface area contributed by atoms with Crippen molar-refractivity contribution in [3.05, 3.63) is 28.2 Å². The molecule has 1 fully saturated rings. The molecule has 1 aromatic carbocycles. The van der Waals surface area contributed by atoms with Crippen LogP contribution in [0.5, 0.6) is 5.75 Å². The number of hydrogen-bond acceptors (Lipinski definition) is 3. The molecule has 1 aliphatic rings. The zero-order chi connectivity index (χ0) is 12.3. The second kappa shape index (κ2) is 5.38. The number of halogens is 1. The standard InChI is InChI=1S/C13H18BrNO2/c14-11-7-10(3-4-12(11)16)8-15-9-13(17)5-1-2-6-13/h3-4,7,15-17H,1-2,5-6,8-9H2. The van der Waals surface area contributed by atoms with Gasteiger partial charge in [-0.25, -0.2) is 0 Å². The number of aliphatic hydroxyl groups is 1. The Morgan fingerprint density at radius 3 is 2.65 bits per heavy atom. The molecular weight excluding hydrogens is 282 g/mol. The molecule has 2 rings (SSSR count). The highest BCUT2D eigenvalue weighted by atomic mass is 79.9. The summed E-state index contributed by atoms with van der Waals surface area (Å²) in [5.41, 5.74) is 0.588. The van der Waals surface area contributed by atoms with Crippen LogP contribution in [-0.2, 0) is 6.54 Å². The summed E-state index contributed by atoms with van der Waals surface area (Å²) in [4.78, 5) is 0. The number of benzene rings is 1. The minimum atomic E-state index is -0.506. The molecule has 17 heavy (non-hydrogen) atoms. The van der Waals surface area contributed by atoms with Crippen molar-refractivity contribution in [2.45, 2.75) is 37.8 Å². The zero-order valence-electron chi connectivity index (χ0n) is 9.75. The van der Waals surface area contributed by atoms with E-state index in [0.717, 1.165) is 31.2 Å². The van der Waals surface area contributed by atoms with E-state index in [9.17, 15) is 10.2 Å². The van der Waals surface area contributed by atoms with Gasteiger partial charge in [0.1, 0.15) is 5.75 Å². The summed E-state index contributed by atoms with van der Waals surface area (Å²) in [7, 11) is 0. The smallest absolute Gasteiger partial charge is 0.129 e. The summed E-state index contributed by atoms with van der Waals surface area (Å²) in [6.07, 6.45) is 4.06. The molecule has 0 atom stereocenters. The van der Waals surface area contributed by atoms with Gasteiger partial charge >= 0.3 is 0 Å². The number of phenols is 1. The van der Waals surface area contributed by atoms with Gasteiger partial charge in [0.05, 0.1) is 10.1 Å². The summed E-state index contributed by atoms with van der Waals surface area (Å²) in [5, 5.41) is 22.8. The average Bonchev–Trinajstić information content (AvgIpc) is 2.71. The number of phenolic OH excluding ortho intramolecular Hbond substituents is 1. The van der Waals surface area contributed by atoms with E-state index in [-0.39, 0.29) is 5.75 Å². The van der Waals surface area contributed by atoms with E-state index >= 15 is 0 Å². The molecule has 0 heterocycles. The Kier molecular flexibility index (Phi) is 4.07. The predicted octanol–water partition coefficient (Wildman–Crippen LogP) is 2.55. The van der Waals surface area contributed by atoms with Crippen molar-refractivity contribution < 1.29 is 10.2 Å². The first-order valence-electron chi connectivity index (χ1n) is 6.00. The number of hydrogen-bond donors (Lipinski definition) is 3. The van der Waals surface area contributed by atoms with E-state index in [1.165, 1.54) is 0 Å². The first-order valence-corrected chi connectivity index (χ1v) is 6.79. The molecule has 3 N–H and O–H groups in total. The van der Waals surface area contributed by atoms with Crippen molar-refractivity contribution in [2.75, 3.05) is 6.54 Å². The fourth-order valence-electron chi connectivity index (χ4n) is 2.31. The molecule has 94 valence electrons. The molecule has 0 amide bonds. The van der Waals surface area contributed by atoms with Crippen molar-refractivity contribution in [1.29, 1.82) is 0 Å². The maximum absolute atomic E-state index is 10.2. The van der Waals surface area contributed by atoms with Crippen molar-refractivity contribution in [3.63, 3.8) is 0 Å². The lowest BCUT2D eigenvalue weighted by molar-refractivity contribution is 0.0475. The monoisotopic (exact) mass is 299 g/mol. The first-order chi connectivity index (χ1) is 8.09. The van der Waals surface area contributed by atoms with Crippen LogP contribution in [-0.4, -0.2) is 22.4 Å². The normalized spacial score (nSPS) is 18.5. The largest absolute Gasteiger partial charge is 0.507 e. The van der Waals surface area contributed by atoms with Crippen LogP contribution >= 0.6 is 15.9 Å². The molecule has 0 bridgehead atoms. The van der Waals surface area contributed by atoms with Gasteiger partial charge < -0.3 is 15.5 Å². The van der Waals surface area contributed by atoms with E-state index in [4.69, 9.17) is 0 Å². The van der Waals surface area contributed by atoms with Crippen molar-refractivity contribution in [1.82, 2.24) is 5.32 Å². The molecule has 0 radical (unpaired) electrons. The molecule has 3 nitrogen and oxygen atoms in total. The highest BCUT2D eigenvalue weighted by Gasteiger charge is 2.30. The van der Waals surface area contributed by atoms with Crippen LogP contribution in [0.1, 0.15) is 31.2 Å². The van der Waals surface area contributed by atoms with Gasteiger partial charge in [-0.3, -0.25) is 0 Å². The highest BCUT2D eigenvalue weighted by molar-refractivity contribution is 9.10. The van der Waals surface area contributed by atoms with Gasteiger partial charge in [0.25, 0.3) is 0 Å². The van der Waals surface area contributed by atoms with Gasteiger partial charge in [0, 0.05) is 13.1 Å². The minimum Gasteiger partial charge on any atom is -0.507 e. The SMILES string of the molecule is Oc1ccc(CNCC2(O)CCCC2)cc1Br. The molecule has 0 aliphatic heterocycles. The van der Waals surface area contributed by atoms with Gasteiger partial charge in [-0.15, -0.1) is 0 Å².